The van der Waals surface area contributed by atoms with Gasteiger partial charge in [-0.15, -0.1) is 12.4 Å². The maximum absolute atomic E-state index is 12.8. The van der Waals surface area contributed by atoms with E-state index in [9.17, 15) is 13.2 Å². The first-order chi connectivity index (χ1) is 12.9. The lowest BCUT2D eigenvalue weighted by molar-refractivity contribution is 0.0655. The number of anilines is 1. The Hall–Kier alpha value is -2.29. The molecule has 0 aromatic heterocycles. The smallest absolute Gasteiger partial charge is 0.261 e. The first-order valence-electron chi connectivity index (χ1n) is 8.69. The number of halogens is 1. The van der Waals surface area contributed by atoms with Gasteiger partial charge >= 0.3 is 0 Å². The molecule has 1 atom stereocenters. The van der Waals surface area contributed by atoms with Crippen molar-refractivity contribution in [3.8, 4) is 5.75 Å². The van der Waals surface area contributed by atoms with Gasteiger partial charge in [-0.25, -0.2) is 8.42 Å². The van der Waals surface area contributed by atoms with Crippen molar-refractivity contribution in [3.63, 3.8) is 0 Å². The van der Waals surface area contributed by atoms with Crippen LogP contribution in [0.4, 0.5) is 5.69 Å². The van der Waals surface area contributed by atoms with Crippen molar-refractivity contribution < 1.29 is 17.9 Å². The number of ether oxygens (including phenoxy) is 1. The Morgan fingerprint density at radius 2 is 1.93 bits per heavy atom. The Morgan fingerprint density at radius 3 is 2.57 bits per heavy atom. The SMILES string of the molecule is COc1ccc(NS(=O)(=O)c2cccc(C(=O)N3CCNCC3C)c2)cc1.Cl. The van der Waals surface area contributed by atoms with Gasteiger partial charge in [-0.1, -0.05) is 6.07 Å². The fourth-order valence-electron chi connectivity index (χ4n) is 2.98. The van der Waals surface area contributed by atoms with E-state index in [4.69, 9.17) is 4.74 Å². The van der Waals surface area contributed by atoms with E-state index in [1.807, 2.05) is 6.92 Å². The number of carbonyl (C=O) groups excluding carboxylic acids is 1. The number of benzene rings is 2. The molecule has 1 aliphatic rings. The zero-order valence-electron chi connectivity index (χ0n) is 15.7. The third kappa shape index (κ3) is 4.95. The summed E-state index contributed by atoms with van der Waals surface area (Å²) >= 11 is 0. The molecule has 1 aliphatic heterocycles. The normalized spacial score (nSPS) is 16.8. The van der Waals surface area contributed by atoms with Crippen molar-refractivity contribution in [3.05, 3.63) is 54.1 Å². The first kappa shape index (κ1) is 22.0. The molecule has 2 aromatic rings. The molecule has 1 heterocycles. The largest absolute Gasteiger partial charge is 0.497 e. The van der Waals surface area contributed by atoms with Gasteiger partial charge in [0.25, 0.3) is 15.9 Å². The molecule has 152 valence electrons. The monoisotopic (exact) mass is 425 g/mol. The third-order valence-electron chi connectivity index (χ3n) is 4.50. The van der Waals surface area contributed by atoms with E-state index in [2.05, 4.69) is 10.0 Å². The van der Waals surface area contributed by atoms with Gasteiger partial charge in [-0.05, 0) is 49.4 Å². The van der Waals surface area contributed by atoms with Crippen LogP contribution in [0.5, 0.6) is 5.75 Å². The predicted octanol–water partition coefficient (Wildman–Crippen LogP) is 2.35. The summed E-state index contributed by atoms with van der Waals surface area (Å²) in [6.45, 7) is 4.02. The van der Waals surface area contributed by atoms with Crippen LogP contribution in [0.1, 0.15) is 17.3 Å². The van der Waals surface area contributed by atoms with Crippen molar-refractivity contribution >= 4 is 34.0 Å². The minimum atomic E-state index is -3.81. The van der Waals surface area contributed by atoms with Gasteiger partial charge in [0.2, 0.25) is 0 Å². The summed E-state index contributed by atoms with van der Waals surface area (Å²) < 4.78 is 33.0. The zero-order valence-corrected chi connectivity index (χ0v) is 17.3. The lowest BCUT2D eigenvalue weighted by Gasteiger charge is -2.34. The van der Waals surface area contributed by atoms with Crippen LogP contribution in [0, 0.1) is 0 Å². The Bertz CT molecular complexity index is 919. The van der Waals surface area contributed by atoms with Crippen LogP contribution in [0.2, 0.25) is 0 Å². The van der Waals surface area contributed by atoms with Crippen molar-refractivity contribution in [1.82, 2.24) is 10.2 Å². The summed E-state index contributed by atoms with van der Waals surface area (Å²) in [5.41, 5.74) is 0.782. The molecule has 2 aromatic carbocycles. The van der Waals surface area contributed by atoms with E-state index in [-0.39, 0.29) is 29.3 Å². The quantitative estimate of drug-likeness (QED) is 0.767. The lowest BCUT2D eigenvalue weighted by Crippen LogP contribution is -2.52. The predicted molar refractivity (Wildman–Crippen MR) is 111 cm³/mol. The molecular formula is C19H24ClN3O4S. The molecule has 0 aliphatic carbocycles. The fraction of sp³-hybridized carbons (Fsp3) is 0.316. The van der Waals surface area contributed by atoms with Gasteiger partial charge in [-0.2, -0.15) is 0 Å². The number of amides is 1. The summed E-state index contributed by atoms with van der Waals surface area (Å²) in [7, 11) is -2.26. The van der Waals surface area contributed by atoms with Crippen LogP contribution in [-0.4, -0.2) is 52.0 Å². The van der Waals surface area contributed by atoms with Crippen molar-refractivity contribution in [2.45, 2.75) is 17.9 Å². The van der Waals surface area contributed by atoms with E-state index in [1.165, 1.54) is 12.1 Å². The summed E-state index contributed by atoms with van der Waals surface area (Å²) in [5, 5.41) is 3.23. The Labute approximate surface area is 171 Å². The van der Waals surface area contributed by atoms with Crippen LogP contribution in [-0.2, 0) is 10.0 Å². The standard InChI is InChI=1S/C19H23N3O4S.ClH/c1-14-13-20-10-11-22(14)19(23)15-4-3-5-18(12-15)27(24,25)21-16-6-8-17(26-2)9-7-16;/h3-9,12,14,20-21H,10-11,13H2,1-2H3;1H. The molecule has 2 N–H and O–H groups in total. The Morgan fingerprint density at radius 1 is 1.21 bits per heavy atom. The first-order valence-corrected chi connectivity index (χ1v) is 10.2. The summed E-state index contributed by atoms with van der Waals surface area (Å²) in [6, 6.07) is 12.8. The summed E-state index contributed by atoms with van der Waals surface area (Å²) in [6.07, 6.45) is 0. The molecule has 28 heavy (non-hydrogen) atoms. The number of hydrogen-bond acceptors (Lipinski definition) is 5. The van der Waals surface area contributed by atoms with E-state index in [1.54, 1.807) is 48.4 Å². The van der Waals surface area contributed by atoms with E-state index >= 15 is 0 Å². The Kier molecular flexibility index (Phi) is 7.29. The molecule has 1 unspecified atom stereocenters. The number of carbonyl (C=O) groups is 1. The van der Waals surface area contributed by atoms with E-state index in [0.717, 1.165) is 13.1 Å². The topological polar surface area (TPSA) is 87.7 Å². The number of piperazine rings is 1. The minimum Gasteiger partial charge on any atom is -0.497 e. The van der Waals surface area contributed by atoms with E-state index < -0.39 is 10.0 Å². The molecule has 0 spiro atoms. The molecule has 0 radical (unpaired) electrons. The van der Waals surface area contributed by atoms with E-state index in [0.29, 0.717) is 23.5 Å². The summed E-state index contributed by atoms with van der Waals surface area (Å²) in [4.78, 5) is 14.6. The molecule has 0 saturated carbocycles. The number of hydrogen-bond donors (Lipinski definition) is 2. The van der Waals surface area contributed by atoms with Gasteiger partial charge < -0.3 is 15.0 Å². The fourth-order valence-corrected chi connectivity index (χ4v) is 4.08. The average Bonchev–Trinajstić information content (AvgIpc) is 2.68. The highest BCUT2D eigenvalue weighted by Gasteiger charge is 2.25. The number of sulfonamides is 1. The maximum atomic E-state index is 12.8. The van der Waals surface area contributed by atoms with Gasteiger partial charge in [-0.3, -0.25) is 9.52 Å². The maximum Gasteiger partial charge on any atom is 0.261 e. The van der Waals surface area contributed by atoms with Gasteiger partial charge in [0.05, 0.1) is 12.0 Å². The van der Waals surface area contributed by atoms with Crippen LogP contribution in [0.15, 0.2) is 53.4 Å². The molecule has 1 amide bonds. The van der Waals surface area contributed by atoms with Crippen molar-refractivity contribution in [2.75, 3.05) is 31.5 Å². The minimum absolute atomic E-state index is 0. The highest BCUT2D eigenvalue weighted by molar-refractivity contribution is 7.92. The second kappa shape index (κ2) is 9.27. The van der Waals surface area contributed by atoms with Crippen LogP contribution >= 0.6 is 12.4 Å². The second-order valence-corrected chi connectivity index (χ2v) is 8.10. The number of nitrogens with zero attached hydrogens (tertiary/aromatic N) is 1. The van der Waals surface area contributed by atoms with Gasteiger partial charge in [0.15, 0.2) is 0 Å². The molecule has 0 bridgehead atoms. The Balaban J connectivity index is 0.00000280. The number of methoxy groups -OCH3 is 1. The van der Waals surface area contributed by atoms with Gasteiger partial charge in [0.1, 0.15) is 5.75 Å². The summed E-state index contributed by atoms with van der Waals surface area (Å²) in [5.74, 6) is 0.473. The van der Waals surface area contributed by atoms with Crippen LogP contribution in [0.25, 0.3) is 0 Å². The lowest BCUT2D eigenvalue weighted by atomic mass is 10.1. The zero-order chi connectivity index (χ0) is 19.4. The number of rotatable bonds is 5. The van der Waals surface area contributed by atoms with Gasteiger partial charge in [0, 0.05) is 36.9 Å². The highest BCUT2D eigenvalue weighted by atomic mass is 35.5. The average molecular weight is 426 g/mol. The molecule has 3 rings (SSSR count). The molecule has 1 saturated heterocycles. The molecular weight excluding hydrogens is 402 g/mol. The van der Waals surface area contributed by atoms with Crippen LogP contribution in [0.3, 0.4) is 0 Å². The highest BCUT2D eigenvalue weighted by Crippen LogP contribution is 2.21. The number of nitrogens with one attached hydrogen (secondary N) is 2. The molecule has 7 nitrogen and oxygen atoms in total. The molecule has 9 heteroatoms. The third-order valence-corrected chi connectivity index (χ3v) is 5.87. The molecule has 1 fully saturated rings. The van der Waals surface area contributed by atoms with Crippen LogP contribution < -0.4 is 14.8 Å². The van der Waals surface area contributed by atoms with Crippen molar-refractivity contribution in [1.29, 1.82) is 0 Å². The second-order valence-electron chi connectivity index (χ2n) is 6.41. The van der Waals surface area contributed by atoms with Crippen molar-refractivity contribution in [2.24, 2.45) is 0 Å².